The second-order valence-corrected chi connectivity index (χ2v) is 3.93. The summed E-state index contributed by atoms with van der Waals surface area (Å²) in [6.45, 7) is -1.33. The van der Waals surface area contributed by atoms with E-state index in [2.05, 4.69) is 4.98 Å². The van der Waals surface area contributed by atoms with E-state index in [0.29, 0.717) is 16.6 Å². The number of ether oxygens (including phenoxy) is 1. The number of hydrogen-bond donors (Lipinski definition) is 0. The van der Waals surface area contributed by atoms with E-state index in [-0.39, 0.29) is 11.6 Å². The van der Waals surface area contributed by atoms with Gasteiger partial charge in [-0.3, -0.25) is 4.98 Å². The molecular weight excluding hydrogens is 267 g/mol. The lowest BCUT2D eigenvalue weighted by Gasteiger charge is -2.12. The molecule has 0 spiro atoms. The quantitative estimate of drug-likeness (QED) is 0.792. The summed E-state index contributed by atoms with van der Waals surface area (Å²) < 4.78 is 41.3. The molecule has 0 aliphatic carbocycles. The molecular formula is C12H9ClF3NO. The maximum atomic E-state index is 12.2. The van der Waals surface area contributed by atoms with Crippen molar-refractivity contribution in [2.45, 2.75) is 12.1 Å². The van der Waals surface area contributed by atoms with Crippen LogP contribution in [0.3, 0.4) is 0 Å². The summed E-state index contributed by atoms with van der Waals surface area (Å²) in [5.74, 6) is 0.265. The van der Waals surface area contributed by atoms with Gasteiger partial charge in [0.05, 0.1) is 17.1 Å². The average molecular weight is 276 g/mol. The molecule has 0 fully saturated rings. The van der Waals surface area contributed by atoms with Crippen LogP contribution in [-0.2, 0) is 5.88 Å². The second kappa shape index (κ2) is 5.02. The van der Waals surface area contributed by atoms with Gasteiger partial charge in [0.15, 0.2) is 6.61 Å². The van der Waals surface area contributed by atoms with Crippen molar-refractivity contribution in [2.24, 2.45) is 0 Å². The van der Waals surface area contributed by atoms with E-state index in [1.165, 1.54) is 6.07 Å². The highest BCUT2D eigenvalue weighted by Crippen LogP contribution is 2.27. The van der Waals surface area contributed by atoms with E-state index >= 15 is 0 Å². The van der Waals surface area contributed by atoms with Crippen LogP contribution in [0.4, 0.5) is 13.2 Å². The summed E-state index contributed by atoms with van der Waals surface area (Å²) in [6, 6.07) is 8.25. The maximum absolute atomic E-state index is 12.2. The normalized spacial score (nSPS) is 11.8. The first-order valence-corrected chi connectivity index (χ1v) is 5.67. The fourth-order valence-corrected chi connectivity index (χ4v) is 1.68. The minimum Gasteiger partial charge on any atom is -0.483 e. The zero-order chi connectivity index (χ0) is 13.2. The molecule has 0 aliphatic heterocycles. The van der Waals surface area contributed by atoms with E-state index in [0.717, 1.165) is 0 Å². The smallest absolute Gasteiger partial charge is 0.422 e. The Hall–Kier alpha value is -1.49. The van der Waals surface area contributed by atoms with Crippen molar-refractivity contribution in [3.8, 4) is 5.75 Å². The maximum Gasteiger partial charge on any atom is 0.422 e. The molecule has 0 amide bonds. The fraction of sp³-hybridized carbons (Fsp3) is 0.250. The van der Waals surface area contributed by atoms with E-state index < -0.39 is 12.8 Å². The largest absolute Gasteiger partial charge is 0.483 e. The molecule has 1 aromatic heterocycles. The zero-order valence-electron chi connectivity index (χ0n) is 9.17. The van der Waals surface area contributed by atoms with E-state index in [1.807, 2.05) is 0 Å². The van der Waals surface area contributed by atoms with Gasteiger partial charge in [0.25, 0.3) is 0 Å². The first kappa shape index (κ1) is 13.0. The van der Waals surface area contributed by atoms with E-state index in [1.54, 1.807) is 24.3 Å². The number of halogens is 4. The van der Waals surface area contributed by atoms with E-state index in [4.69, 9.17) is 16.3 Å². The Morgan fingerprint density at radius 3 is 2.61 bits per heavy atom. The Labute approximate surface area is 106 Å². The SMILES string of the molecule is FC(F)(F)COc1cc(CCl)nc2ccccc12. The van der Waals surface area contributed by atoms with Gasteiger partial charge in [-0.25, -0.2) is 0 Å². The Balaban J connectivity index is 2.41. The lowest BCUT2D eigenvalue weighted by Crippen LogP contribution is -2.19. The minimum atomic E-state index is -4.37. The van der Waals surface area contributed by atoms with Gasteiger partial charge < -0.3 is 4.74 Å². The second-order valence-electron chi connectivity index (χ2n) is 3.67. The Morgan fingerprint density at radius 1 is 1.22 bits per heavy atom. The van der Waals surface area contributed by atoms with Crippen LogP contribution in [0.15, 0.2) is 30.3 Å². The highest BCUT2D eigenvalue weighted by atomic mass is 35.5. The molecule has 0 aliphatic rings. The van der Waals surface area contributed by atoms with Crippen LogP contribution in [0.1, 0.15) is 5.69 Å². The number of hydrogen-bond acceptors (Lipinski definition) is 2. The van der Waals surface area contributed by atoms with Gasteiger partial charge in [-0.15, -0.1) is 11.6 Å². The van der Waals surface area contributed by atoms with Gasteiger partial charge in [-0.05, 0) is 12.1 Å². The standard InChI is InChI=1S/C12H9ClF3NO/c13-6-8-5-11(18-7-12(14,15)16)9-3-1-2-4-10(9)17-8/h1-5H,6-7H2. The Morgan fingerprint density at radius 2 is 1.94 bits per heavy atom. The number of rotatable bonds is 3. The average Bonchev–Trinajstić information content (AvgIpc) is 2.34. The van der Waals surface area contributed by atoms with Gasteiger partial charge in [0.2, 0.25) is 0 Å². The molecule has 2 aromatic rings. The molecule has 18 heavy (non-hydrogen) atoms. The third-order valence-corrected chi connectivity index (χ3v) is 2.53. The summed E-state index contributed by atoms with van der Waals surface area (Å²) >= 11 is 5.65. The number of benzene rings is 1. The van der Waals surface area contributed by atoms with Gasteiger partial charge in [-0.1, -0.05) is 12.1 Å². The van der Waals surface area contributed by atoms with Crippen LogP contribution < -0.4 is 4.74 Å². The molecule has 0 saturated carbocycles. The predicted molar refractivity (Wildman–Crippen MR) is 62.9 cm³/mol. The molecule has 0 unspecified atom stereocenters. The predicted octanol–water partition coefficient (Wildman–Crippen LogP) is 3.91. The molecule has 2 nitrogen and oxygen atoms in total. The monoisotopic (exact) mass is 275 g/mol. The number of nitrogens with zero attached hydrogens (tertiary/aromatic N) is 1. The lowest BCUT2D eigenvalue weighted by molar-refractivity contribution is -0.153. The third kappa shape index (κ3) is 3.04. The Kier molecular flexibility index (Phi) is 3.61. The topological polar surface area (TPSA) is 22.1 Å². The fourth-order valence-electron chi connectivity index (χ4n) is 1.54. The number of para-hydroxylation sites is 1. The summed E-state index contributed by atoms with van der Waals surface area (Å²) in [6.07, 6.45) is -4.37. The summed E-state index contributed by atoms with van der Waals surface area (Å²) in [4.78, 5) is 4.21. The van der Waals surface area contributed by atoms with Crippen molar-refractivity contribution in [1.29, 1.82) is 0 Å². The lowest BCUT2D eigenvalue weighted by atomic mass is 10.2. The van der Waals surface area contributed by atoms with Crippen LogP contribution in [0.5, 0.6) is 5.75 Å². The minimum absolute atomic E-state index is 0.118. The first-order valence-electron chi connectivity index (χ1n) is 5.14. The van der Waals surface area contributed by atoms with Gasteiger partial charge >= 0.3 is 6.18 Å². The number of fused-ring (bicyclic) bond motifs is 1. The molecule has 0 saturated heterocycles. The van der Waals surface area contributed by atoms with Crippen LogP contribution in [0, 0.1) is 0 Å². The van der Waals surface area contributed by atoms with Crippen LogP contribution >= 0.6 is 11.6 Å². The number of alkyl halides is 4. The molecule has 0 radical (unpaired) electrons. The van der Waals surface area contributed by atoms with Crippen molar-refractivity contribution in [1.82, 2.24) is 4.98 Å². The molecule has 1 heterocycles. The zero-order valence-corrected chi connectivity index (χ0v) is 9.92. The third-order valence-electron chi connectivity index (χ3n) is 2.26. The number of aromatic nitrogens is 1. The summed E-state index contributed by atoms with van der Waals surface area (Å²) in [5.41, 5.74) is 1.04. The molecule has 0 N–H and O–H groups in total. The molecule has 0 bridgehead atoms. The van der Waals surface area contributed by atoms with Gasteiger partial charge in [0.1, 0.15) is 5.75 Å². The molecule has 1 aromatic carbocycles. The van der Waals surface area contributed by atoms with Crippen LogP contribution in [0.2, 0.25) is 0 Å². The van der Waals surface area contributed by atoms with Crippen molar-refractivity contribution in [3.05, 3.63) is 36.0 Å². The highest BCUT2D eigenvalue weighted by molar-refractivity contribution is 6.17. The van der Waals surface area contributed by atoms with Gasteiger partial charge in [-0.2, -0.15) is 13.2 Å². The summed E-state index contributed by atoms with van der Waals surface area (Å²) in [5, 5.41) is 0.538. The Bertz CT molecular complexity index is 557. The first-order chi connectivity index (χ1) is 8.49. The van der Waals surface area contributed by atoms with Crippen LogP contribution in [-0.4, -0.2) is 17.8 Å². The molecule has 6 heteroatoms. The molecule has 2 rings (SSSR count). The van der Waals surface area contributed by atoms with E-state index in [9.17, 15) is 13.2 Å². The number of pyridine rings is 1. The summed E-state index contributed by atoms with van der Waals surface area (Å²) in [7, 11) is 0. The van der Waals surface area contributed by atoms with Crippen molar-refractivity contribution >= 4 is 22.5 Å². The van der Waals surface area contributed by atoms with Crippen molar-refractivity contribution in [2.75, 3.05) is 6.61 Å². The molecule has 96 valence electrons. The van der Waals surface area contributed by atoms with Crippen molar-refractivity contribution < 1.29 is 17.9 Å². The van der Waals surface area contributed by atoms with Crippen molar-refractivity contribution in [3.63, 3.8) is 0 Å². The molecule has 0 atom stereocenters. The van der Waals surface area contributed by atoms with Crippen LogP contribution in [0.25, 0.3) is 10.9 Å². The van der Waals surface area contributed by atoms with Gasteiger partial charge in [0, 0.05) is 11.5 Å². The highest BCUT2D eigenvalue weighted by Gasteiger charge is 2.28.